The number of likely N-dealkylation sites (tertiary alicyclic amines) is 1. The fraction of sp³-hybridized carbons (Fsp3) is 0.800. The normalized spacial score (nSPS) is 20.2. The van der Waals surface area contributed by atoms with Gasteiger partial charge in [-0.15, -0.1) is 0 Å². The van der Waals surface area contributed by atoms with Crippen molar-refractivity contribution in [3.8, 4) is 0 Å². The first-order valence-electron chi connectivity index (χ1n) is 7.57. The SMILES string of the molecule is CCC(C(=O)O)N(C)C(=O)C1CCCN(C(=O)C(C)C)C1. The van der Waals surface area contributed by atoms with Crippen LogP contribution in [-0.2, 0) is 14.4 Å². The second kappa shape index (κ2) is 7.43. The van der Waals surface area contributed by atoms with Crippen LogP contribution in [0.1, 0.15) is 40.0 Å². The molecular formula is C15H26N2O4. The van der Waals surface area contributed by atoms with E-state index in [1.807, 2.05) is 13.8 Å². The highest BCUT2D eigenvalue weighted by atomic mass is 16.4. The quantitative estimate of drug-likeness (QED) is 0.827. The van der Waals surface area contributed by atoms with Gasteiger partial charge in [0.15, 0.2) is 0 Å². The molecule has 2 amide bonds. The van der Waals surface area contributed by atoms with Gasteiger partial charge < -0.3 is 14.9 Å². The standard InChI is InChI=1S/C15H26N2O4/c1-5-12(15(20)21)16(4)14(19)11-7-6-8-17(9-11)13(18)10(2)3/h10-12H,5-9H2,1-4H3,(H,20,21). The minimum Gasteiger partial charge on any atom is -0.480 e. The molecule has 0 aliphatic carbocycles. The number of likely N-dealkylation sites (N-methyl/N-ethyl adjacent to an activating group) is 1. The molecule has 120 valence electrons. The maximum atomic E-state index is 12.5. The molecular weight excluding hydrogens is 272 g/mol. The van der Waals surface area contributed by atoms with Crippen LogP contribution in [0.3, 0.4) is 0 Å². The third-order valence-electron chi connectivity index (χ3n) is 4.06. The molecule has 6 heteroatoms. The Labute approximate surface area is 126 Å². The fourth-order valence-electron chi connectivity index (χ4n) is 2.80. The Hall–Kier alpha value is -1.59. The predicted octanol–water partition coefficient (Wildman–Crippen LogP) is 1.20. The molecule has 1 aliphatic rings. The molecule has 0 aromatic heterocycles. The number of hydrogen-bond acceptors (Lipinski definition) is 3. The van der Waals surface area contributed by atoms with Crippen molar-refractivity contribution in [3.63, 3.8) is 0 Å². The lowest BCUT2D eigenvalue weighted by Crippen LogP contribution is -2.50. The van der Waals surface area contributed by atoms with Crippen LogP contribution in [0.5, 0.6) is 0 Å². The van der Waals surface area contributed by atoms with Gasteiger partial charge in [-0.05, 0) is 19.3 Å². The summed E-state index contributed by atoms with van der Waals surface area (Å²) in [5, 5.41) is 9.15. The van der Waals surface area contributed by atoms with Crippen molar-refractivity contribution in [2.75, 3.05) is 20.1 Å². The van der Waals surface area contributed by atoms with Gasteiger partial charge in [-0.2, -0.15) is 0 Å². The molecule has 6 nitrogen and oxygen atoms in total. The molecule has 1 saturated heterocycles. The lowest BCUT2D eigenvalue weighted by atomic mass is 9.95. The summed E-state index contributed by atoms with van der Waals surface area (Å²) in [7, 11) is 1.54. The number of hydrogen-bond donors (Lipinski definition) is 1. The van der Waals surface area contributed by atoms with Crippen molar-refractivity contribution in [2.45, 2.75) is 46.1 Å². The first-order valence-corrected chi connectivity index (χ1v) is 7.57. The van der Waals surface area contributed by atoms with Gasteiger partial charge in [0.25, 0.3) is 0 Å². The van der Waals surface area contributed by atoms with Crippen LogP contribution >= 0.6 is 0 Å². The van der Waals surface area contributed by atoms with Gasteiger partial charge in [-0.25, -0.2) is 4.79 Å². The number of amides is 2. The highest BCUT2D eigenvalue weighted by molar-refractivity contribution is 5.86. The molecule has 0 aromatic rings. The Balaban J connectivity index is 2.73. The van der Waals surface area contributed by atoms with E-state index in [0.717, 1.165) is 6.42 Å². The molecule has 0 radical (unpaired) electrons. The summed E-state index contributed by atoms with van der Waals surface area (Å²) >= 11 is 0. The van der Waals surface area contributed by atoms with E-state index in [1.165, 1.54) is 11.9 Å². The molecule has 0 spiro atoms. The number of carboxylic acid groups (broad SMARTS) is 1. The topological polar surface area (TPSA) is 77.9 Å². The largest absolute Gasteiger partial charge is 0.480 e. The number of rotatable bonds is 5. The summed E-state index contributed by atoms with van der Waals surface area (Å²) in [5.41, 5.74) is 0. The van der Waals surface area contributed by atoms with Gasteiger partial charge in [-0.3, -0.25) is 9.59 Å². The number of carbonyl (C=O) groups is 3. The average Bonchev–Trinajstić information content (AvgIpc) is 2.45. The summed E-state index contributed by atoms with van der Waals surface area (Å²) < 4.78 is 0. The van der Waals surface area contributed by atoms with E-state index < -0.39 is 12.0 Å². The van der Waals surface area contributed by atoms with Crippen LogP contribution in [0.15, 0.2) is 0 Å². The molecule has 0 bridgehead atoms. The van der Waals surface area contributed by atoms with Gasteiger partial charge in [-0.1, -0.05) is 20.8 Å². The summed E-state index contributed by atoms with van der Waals surface area (Å²) in [6, 6.07) is -0.798. The number of piperidine rings is 1. The van der Waals surface area contributed by atoms with E-state index in [1.54, 1.807) is 11.8 Å². The zero-order chi connectivity index (χ0) is 16.2. The van der Waals surface area contributed by atoms with E-state index in [2.05, 4.69) is 0 Å². The van der Waals surface area contributed by atoms with Crippen LogP contribution in [0, 0.1) is 11.8 Å². The van der Waals surface area contributed by atoms with E-state index in [9.17, 15) is 14.4 Å². The van der Waals surface area contributed by atoms with Gasteiger partial charge >= 0.3 is 5.97 Å². The van der Waals surface area contributed by atoms with Crippen molar-refractivity contribution in [1.82, 2.24) is 9.80 Å². The second-order valence-electron chi connectivity index (χ2n) is 5.99. The third kappa shape index (κ3) is 4.19. The Bertz CT molecular complexity index is 408. The first-order chi connectivity index (χ1) is 9.79. The predicted molar refractivity (Wildman–Crippen MR) is 78.6 cm³/mol. The number of carboxylic acids is 1. The highest BCUT2D eigenvalue weighted by Crippen LogP contribution is 2.21. The Morgan fingerprint density at radius 2 is 1.95 bits per heavy atom. The van der Waals surface area contributed by atoms with Crippen molar-refractivity contribution < 1.29 is 19.5 Å². The molecule has 1 N–H and O–H groups in total. The molecule has 2 atom stereocenters. The highest BCUT2D eigenvalue weighted by Gasteiger charge is 2.34. The number of nitrogens with zero attached hydrogens (tertiary/aromatic N) is 2. The Morgan fingerprint density at radius 3 is 2.43 bits per heavy atom. The van der Waals surface area contributed by atoms with Crippen molar-refractivity contribution in [2.24, 2.45) is 11.8 Å². The zero-order valence-corrected chi connectivity index (χ0v) is 13.3. The van der Waals surface area contributed by atoms with Gasteiger partial charge in [0.2, 0.25) is 11.8 Å². The maximum Gasteiger partial charge on any atom is 0.326 e. The van der Waals surface area contributed by atoms with Crippen LogP contribution in [0.4, 0.5) is 0 Å². The fourth-order valence-corrected chi connectivity index (χ4v) is 2.80. The van der Waals surface area contributed by atoms with E-state index in [4.69, 9.17) is 5.11 Å². The second-order valence-corrected chi connectivity index (χ2v) is 5.99. The van der Waals surface area contributed by atoms with E-state index >= 15 is 0 Å². The molecule has 0 aromatic carbocycles. The smallest absolute Gasteiger partial charge is 0.326 e. The molecule has 2 unspecified atom stereocenters. The van der Waals surface area contributed by atoms with Crippen LogP contribution < -0.4 is 0 Å². The lowest BCUT2D eigenvalue weighted by Gasteiger charge is -2.36. The summed E-state index contributed by atoms with van der Waals surface area (Å²) in [4.78, 5) is 38.7. The van der Waals surface area contributed by atoms with Gasteiger partial charge in [0.05, 0.1) is 5.92 Å². The molecule has 1 aliphatic heterocycles. The molecule has 1 fully saturated rings. The summed E-state index contributed by atoms with van der Waals surface area (Å²) in [6.07, 6.45) is 1.87. The van der Waals surface area contributed by atoms with Crippen LogP contribution in [0.2, 0.25) is 0 Å². The molecule has 1 rings (SSSR count). The van der Waals surface area contributed by atoms with Gasteiger partial charge in [0, 0.05) is 26.1 Å². The van der Waals surface area contributed by atoms with Crippen LogP contribution in [0.25, 0.3) is 0 Å². The Kier molecular flexibility index (Phi) is 6.18. The van der Waals surface area contributed by atoms with Crippen molar-refractivity contribution >= 4 is 17.8 Å². The van der Waals surface area contributed by atoms with Crippen molar-refractivity contribution in [3.05, 3.63) is 0 Å². The number of carbonyl (C=O) groups excluding carboxylic acids is 2. The van der Waals surface area contributed by atoms with Crippen molar-refractivity contribution in [1.29, 1.82) is 0 Å². The average molecular weight is 298 g/mol. The van der Waals surface area contributed by atoms with Gasteiger partial charge in [0.1, 0.15) is 6.04 Å². The molecule has 21 heavy (non-hydrogen) atoms. The summed E-state index contributed by atoms with van der Waals surface area (Å²) in [5.74, 6) is -1.48. The van der Waals surface area contributed by atoms with E-state index in [-0.39, 0.29) is 23.7 Å². The first kappa shape index (κ1) is 17.5. The van der Waals surface area contributed by atoms with Crippen LogP contribution in [-0.4, -0.2) is 58.9 Å². The monoisotopic (exact) mass is 298 g/mol. The third-order valence-corrected chi connectivity index (χ3v) is 4.06. The Morgan fingerprint density at radius 1 is 1.33 bits per heavy atom. The van der Waals surface area contributed by atoms with E-state index in [0.29, 0.717) is 25.9 Å². The minimum atomic E-state index is -0.987. The zero-order valence-electron chi connectivity index (χ0n) is 13.3. The molecule has 0 saturated carbocycles. The minimum absolute atomic E-state index is 0.0560. The summed E-state index contributed by atoms with van der Waals surface area (Å²) in [6.45, 7) is 6.52. The maximum absolute atomic E-state index is 12.5. The molecule has 1 heterocycles. The lowest BCUT2D eigenvalue weighted by molar-refractivity contribution is -0.152. The number of aliphatic carboxylic acids is 1.